The van der Waals surface area contributed by atoms with E-state index in [-0.39, 0.29) is 16.4 Å². The molecule has 110 valence electrons. The van der Waals surface area contributed by atoms with Crippen molar-refractivity contribution in [3.8, 4) is 0 Å². The zero-order chi connectivity index (χ0) is 14.8. The molecule has 0 amide bonds. The summed E-state index contributed by atoms with van der Waals surface area (Å²) in [5.41, 5.74) is -0.893. The van der Waals surface area contributed by atoms with Crippen molar-refractivity contribution in [3.05, 3.63) is 33.0 Å². The highest BCUT2D eigenvalue weighted by molar-refractivity contribution is 9.10. The van der Waals surface area contributed by atoms with Crippen LogP contribution in [0.5, 0.6) is 0 Å². The first-order chi connectivity index (χ1) is 9.52. The van der Waals surface area contributed by atoms with Crippen molar-refractivity contribution in [2.24, 2.45) is 0 Å². The Hall–Kier alpha value is -0.450. The second-order valence-electron chi connectivity index (χ2n) is 5.16. The summed E-state index contributed by atoms with van der Waals surface area (Å²) in [5, 5.41) is -0.0595. The smallest absolute Gasteiger partial charge is 0.197 e. The lowest BCUT2D eigenvalue weighted by atomic mass is 9.85. The summed E-state index contributed by atoms with van der Waals surface area (Å²) in [5.74, 6) is -0.972. The van der Waals surface area contributed by atoms with Crippen molar-refractivity contribution < 1.29 is 13.9 Å². The molecule has 1 aromatic rings. The molecule has 1 fully saturated rings. The van der Waals surface area contributed by atoms with E-state index in [1.165, 1.54) is 13.2 Å². The molecule has 0 aliphatic heterocycles. The van der Waals surface area contributed by atoms with Gasteiger partial charge in [-0.05, 0) is 40.9 Å². The molecule has 1 aliphatic carbocycles. The summed E-state index contributed by atoms with van der Waals surface area (Å²) < 4.78 is 20.2. The molecule has 0 aromatic heterocycles. The van der Waals surface area contributed by atoms with Gasteiger partial charge < -0.3 is 4.74 Å². The Labute approximate surface area is 131 Å². The van der Waals surface area contributed by atoms with Gasteiger partial charge in [0.1, 0.15) is 5.60 Å². The van der Waals surface area contributed by atoms with Crippen molar-refractivity contribution in [1.29, 1.82) is 0 Å². The Kier molecular flexibility index (Phi) is 5.21. The first kappa shape index (κ1) is 15.9. The van der Waals surface area contributed by atoms with Crippen molar-refractivity contribution in [2.75, 3.05) is 7.11 Å². The van der Waals surface area contributed by atoms with Gasteiger partial charge in [-0.1, -0.05) is 37.3 Å². The van der Waals surface area contributed by atoms with E-state index in [1.807, 2.05) is 0 Å². The van der Waals surface area contributed by atoms with Gasteiger partial charge >= 0.3 is 0 Å². The molecule has 0 atom stereocenters. The lowest BCUT2D eigenvalue weighted by Gasteiger charge is -2.30. The van der Waals surface area contributed by atoms with E-state index < -0.39 is 11.4 Å². The molecule has 2 rings (SSSR count). The predicted molar refractivity (Wildman–Crippen MR) is 80.9 cm³/mol. The van der Waals surface area contributed by atoms with E-state index in [2.05, 4.69) is 15.9 Å². The van der Waals surface area contributed by atoms with Crippen LogP contribution in [0, 0.1) is 5.82 Å². The highest BCUT2D eigenvalue weighted by Crippen LogP contribution is 2.36. The quantitative estimate of drug-likeness (QED) is 0.421. The molecule has 1 saturated carbocycles. The Morgan fingerprint density at radius 1 is 1.30 bits per heavy atom. The van der Waals surface area contributed by atoms with Gasteiger partial charge in [-0.2, -0.15) is 0 Å². The van der Waals surface area contributed by atoms with Crippen LogP contribution in [0.25, 0.3) is 0 Å². The van der Waals surface area contributed by atoms with E-state index in [9.17, 15) is 9.18 Å². The molecule has 1 aromatic carbocycles. The molecule has 0 N–H and O–H groups in total. The molecular formula is C15H17BrClFO2. The second-order valence-corrected chi connectivity index (χ2v) is 6.40. The van der Waals surface area contributed by atoms with Crippen LogP contribution in [0.1, 0.15) is 48.9 Å². The van der Waals surface area contributed by atoms with Crippen molar-refractivity contribution in [1.82, 2.24) is 0 Å². The molecule has 20 heavy (non-hydrogen) atoms. The summed E-state index contributed by atoms with van der Waals surface area (Å²) in [6.45, 7) is 0. The highest BCUT2D eigenvalue weighted by Gasteiger charge is 2.40. The topological polar surface area (TPSA) is 26.3 Å². The molecular weight excluding hydrogens is 347 g/mol. The Morgan fingerprint density at radius 3 is 2.45 bits per heavy atom. The van der Waals surface area contributed by atoms with Gasteiger partial charge in [0.2, 0.25) is 0 Å². The number of ketones is 1. The standard InChI is InChI=1S/C15H17BrClFO2/c1-20-15(8-4-2-3-5-9-15)14(19)10-6-7-11(16)12(17)13(10)18/h6-7H,2-5,8-9H2,1H3. The van der Waals surface area contributed by atoms with Gasteiger partial charge in [-0.3, -0.25) is 4.79 Å². The van der Waals surface area contributed by atoms with Crippen LogP contribution in [0.2, 0.25) is 5.02 Å². The number of rotatable bonds is 3. The number of carbonyl (C=O) groups excluding carboxylic acids is 1. The number of methoxy groups -OCH3 is 1. The summed E-state index contributed by atoms with van der Waals surface area (Å²) >= 11 is 9.03. The average Bonchev–Trinajstić information content (AvgIpc) is 2.71. The van der Waals surface area contributed by atoms with Crippen molar-refractivity contribution >= 4 is 33.3 Å². The van der Waals surface area contributed by atoms with Gasteiger partial charge in [0.05, 0.1) is 10.6 Å². The molecule has 5 heteroatoms. The van der Waals surface area contributed by atoms with E-state index in [0.29, 0.717) is 17.3 Å². The first-order valence-electron chi connectivity index (χ1n) is 6.75. The third kappa shape index (κ3) is 2.92. The SMILES string of the molecule is COC1(C(=O)c2ccc(Br)c(Cl)c2F)CCCCCC1. The van der Waals surface area contributed by atoms with E-state index in [4.69, 9.17) is 16.3 Å². The second kappa shape index (κ2) is 6.54. The monoisotopic (exact) mass is 362 g/mol. The maximum Gasteiger partial charge on any atom is 0.197 e. The molecule has 2 nitrogen and oxygen atoms in total. The van der Waals surface area contributed by atoms with Crippen LogP contribution in [0.4, 0.5) is 4.39 Å². The maximum atomic E-state index is 14.2. The predicted octanol–water partition coefficient (Wildman–Crippen LogP) is 5.16. The fourth-order valence-electron chi connectivity index (χ4n) is 2.77. The van der Waals surface area contributed by atoms with Crippen LogP contribution < -0.4 is 0 Å². The number of carbonyl (C=O) groups is 1. The fourth-order valence-corrected chi connectivity index (χ4v) is 3.24. The van der Waals surface area contributed by atoms with Gasteiger partial charge in [-0.25, -0.2) is 4.39 Å². The molecule has 0 saturated heterocycles. The normalized spacial score (nSPS) is 18.6. The number of benzene rings is 1. The maximum absolute atomic E-state index is 14.2. The van der Waals surface area contributed by atoms with E-state index in [0.717, 1.165) is 25.7 Å². The minimum Gasteiger partial charge on any atom is -0.370 e. The largest absolute Gasteiger partial charge is 0.370 e. The average molecular weight is 364 g/mol. The lowest BCUT2D eigenvalue weighted by Crippen LogP contribution is -2.40. The number of halogens is 3. The van der Waals surface area contributed by atoms with Crippen LogP contribution in [-0.4, -0.2) is 18.5 Å². The molecule has 1 aliphatic rings. The molecule has 0 bridgehead atoms. The highest BCUT2D eigenvalue weighted by atomic mass is 79.9. The lowest BCUT2D eigenvalue weighted by molar-refractivity contribution is -0.00722. The van der Waals surface area contributed by atoms with Gasteiger partial charge in [0.25, 0.3) is 0 Å². The fraction of sp³-hybridized carbons (Fsp3) is 0.533. The minimum atomic E-state index is -0.908. The Morgan fingerprint density at radius 2 is 1.90 bits per heavy atom. The molecule has 0 spiro atoms. The zero-order valence-corrected chi connectivity index (χ0v) is 13.7. The third-order valence-corrected chi connectivity index (χ3v) is 5.25. The van der Waals surface area contributed by atoms with Gasteiger partial charge in [-0.15, -0.1) is 0 Å². The third-order valence-electron chi connectivity index (χ3n) is 4.00. The number of hydrogen-bond acceptors (Lipinski definition) is 2. The number of Topliss-reactive ketones (excluding diaryl/α,β-unsaturated/α-hetero) is 1. The zero-order valence-electron chi connectivity index (χ0n) is 11.3. The van der Waals surface area contributed by atoms with Crippen molar-refractivity contribution in [3.63, 3.8) is 0 Å². The molecule has 0 unspecified atom stereocenters. The van der Waals surface area contributed by atoms with Crippen LogP contribution in [0.15, 0.2) is 16.6 Å². The van der Waals surface area contributed by atoms with Crippen molar-refractivity contribution in [2.45, 2.75) is 44.1 Å². The van der Waals surface area contributed by atoms with E-state index >= 15 is 0 Å². The number of hydrogen-bond donors (Lipinski definition) is 0. The minimum absolute atomic E-state index is 0.0157. The Bertz CT molecular complexity index is 511. The van der Waals surface area contributed by atoms with Crippen LogP contribution in [-0.2, 0) is 4.74 Å². The van der Waals surface area contributed by atoms with E-state index in [1.54, 1.807) is 6.07 Å². The summed E-state index contributed by atoms with van der Waals surface area (Å²) in [4.78, 5) is 12.8. The summed E-state index contributed by atoms with van der Waals surface area (Å²) in [6.07, 6.45) is 5.28. The van der Waals surface area contributed by atoms with Gasteiger partial charge in [0, 0.05) is 11.6 Å². The van der Waals surface area contributed by atoms with Gasteiger partial charge in [0.15, 0.2) is 11.6 Å². The van der Waals surface area contributed by atoms with Crippen LogP contribution in [0.3, 0.4) is 0 Å². The summed E-state index contributed by atoms with van der Waals surface area (Å²) in [7, 11) is 1.53. The van der Waals surface area contributed by atoms with Crippen LogP contribution >= 0.6 is 27.5 Å². The Balaban J connectivity index is 2.40. The molecule has 0 radical (unpaired) electrons. The summed E-state index contributed by atoms with van der Waals surface area (Å²) in [6, 6.07) is 3.07. The molecule has 0 heterocycles. The first-order valence-corrected chi connectivity index (χ1v) is 7.92. The number of ether oxygens (including phenoxy) is 1.